The molecule has 2 aromatic rings. The first kappa shape index (κ1) is 12.4. The second kappa shape index (κ2) is 5.51. The predicted octanol–water partition coefficient (Wildman–Crippen LogP) is 3.67. The molecule has 0 unspecified atom stereocenters. The Labute approximate surface area is 110 Å². The van der Waals surface area contributed by atoms with E-state index in [2.05, 4.69) is 26.8 Å². The molecule has 0 aliphatic rings. The van der Waals surface area contributed by atoms with Crippen LogP contribution in [0.3, 0.4) is 0 Å². The summed E-state index contributed by atoms with van der Waals surface area (Å²) < 4.78 is 0. The highest BCUT2D eigenvalue weighted by Gasteiger charge is 2.07. The zero-order valence-electron chi connectivity index (χ0n) is 9.94. The monoisotopic (exact) mass is 260 g/mol. The highest BCUT2D eigenvalue weighted by Crippen LogP contribution is 2.22. The van der Waals surface area contributed by atoms with Gasteiger partial charge in [0.15, 0.2) is 0 Å². The number of H-pyrrole nitrogens is 1. The van der Waals surface area contributed by atoms with Gasteiger partial charge in [-0.3, -0.25) is 0 Å². The van der Waals surface area contributed by atoms with Gasteiger partial charge in [0.05, 0.1) is 5.39 Å². The number of hydrogen-bond acceptors (Lipinski definition) is 3. The van der Waals surface area contributed by atoms with Crippen molar-refractivity contribution in [2.75, 3.05) is 5.32 Å². The lowest BCUT2D eigenvalue weighted by Gasteiger charge is -2.07. The van der Waals surface area contributed by atoms with Gasteiger partial charge in [0.1, 0.15) is 11.5 Å². The highest BCUT2D eigenvalue weighted by molar-refractivity contribution is 6.28. The molecular formula is C13H13ClN4. The number of nitrogens with one attached hydrogen (secondary N) is 2. The first-order chi connectivity index (χ1) is 8.74. The molecule has 0 aliphatic heterocycles. The summed E-state index contributed by atoms with van der Waals surface area (Å²) in [4.78, 5) is 11.3. The van der Waals surface area contributed by atoms with Crippen molar-refractivity contribution in [1.29, 1.82) is 0 Å². The molecule has 0 fully saturated rings. The lowest BCUT2D eigenvalue weighted by molar-refractivity contribution is 1.19. The fourth-order valence-electron chi connectivity index (χ4n) is 1.53. The van der Waals surface area contributed by atoms with E-state index in [0.717, 1.165) is 11.1 Å². The summed E-state index contributed by atoms with van der Waals surface area (Å²) in [5, 5.41) is 4.30. The minimum atomic E-state index is 0.204. The molecule has 5 heteroatoms. The average Bonchev–Trinajstić information content (AvgIpc) is 2.82. The third-order valence-corrected chi connectivity index (χ3v) is 2.54. The predicted molar refractivity (Wildman–Crippen MR) is 75.6 cm³/mol. The average molecular weight is 261 g/mol. The second-order valence-corrected chi connectivity index (χ2v) is 3.88. The Balaban J connectivity index is 2.38. The van der Waals surface area contributed by atoms with Crippen molar-refractivity contribution in [3.63, 3.8) is 0 Å². The van der Waals surface area contributed by atoms with Crippen LogP contribution in [-0.4, -0.2) is 15.0 Å². The number of anilines is 1. The maximum atomic E-state index is 5.88. The van der Waals surface area contributed by atoms with Gasteiger partial charge in [-0.2, -0.15) is 9.97 Å². The number of nitrogens with zero attached hydrogens (tertiary/aromatic N) is 2. The zero-order valence-corrected chi connectivity index (χ0v) is 10.7. The summed E-state index contributed by atoms with van der Waals surface area (Å²) in [5.74, 6) is 0.674. The van der Waals surface area contributed by atoms with Gasteiger partial charge < -0.3 is 10.3 Å². The van der Waals surface area contributed by atoms with Gasteiger partial charge in [0.25, 0.3) is 0 Å². The molecule has 2 rings (SSSR count). The number of fused-ring (bicyclic) bond motifs is 1. The normalized spacial score (nSPS) is 12.2. The van der Waals surface area contributed by atoms with Gasteiger partial charge in [0, 0.05) is 11.9 Å². The van der Waals surface area contributed by atoms with Gasteiger partial charge in [-0.1, -0.05) is 24.8 Å². The van der Waals surface area contributed by atoms with Crippen molar-refractivity contribution in [1.82, 2.24) is 15.0 Å². The first-order valence-corrected chi connectivity index (χ1v) is 5.85. The van der Waals surface area contributed by atoms with Gasteiger partial charge in [-0.25, -0.2) is 0 Å². The molecule has 18 heavy (non-hydrogen) atoms. The van der Waals surface area contributed by atoms with Crippen LogP contribution >= 0.6 is 11.6 Å². The molecule has 0 atom stereocenters. The van der Waals surface area contributed by atoms with Crippen LogP contribution in [0.2, 0.25) is 5.28 Å². The molecule has 0 bridgehead atoms. The summed E-state index contributed by atoms with van der Waals surface area (Å²) in [6.07, 6.45) is 9.20. The van der Waals surface area contributed by atoms with E-state index in [9.17, 15) is 0 Å². The molecule has 0 saturated heterocycles. The molecule has 0 aromatic carbocycles. The molecule has 0 radical (unpaired) electrons. The molecule has 0 aliphatic carbocycles. The molecule has 2 N–H and O–H groups in total. The van der Waals surface area contributed by atoms with Crippen LogP contribution in [0.25, 0.3) is 11.0 Å². The van der Waals surface area contributed by atoms with Crippen molar-refractivity contribution >= 4 is 28.5 Å². The Morgan fingerprint density at radius 1 is 1.50 bits per heavy atom. The van der Waals surface area contributed by atoms with Gasteiger partial charge >= 0.3 is 0 Å². The van der Waals surface area contributed by atoms with Crippen LogP contribution in [0.5, 0.6) is 0 Å². The van der Waals surface area contributed by atoms with E-state index in [1.807, 2.05) is 31.2 Å². The number of aromatic amines is 1. The minimum absolute atomic E-state index is 0.204. The number of allylic oxidation sites excluding steroid dienone is 4. The number of halogens is 1. The largest absolute Gasteiger partial charge is 0.346 e. The summed E-state index contributed by atoms with van der Waals surface area (Å²) in [5.41, 5.74) is 1.62. The summed E-state index contributed by atoms with van der Waals surface area (Å²) in [6.45, 7) is 5.57. The molecular weight excluding hydrogens is 248 g/mol. The molecule has 0 amide bonds. The van der Waals surface area contributed by atoms with Crippen molar-refractivity contribution in [3.8, 4) is 0 Å². The van der Waals surface area contributed by atoms with Crippen LogP contribution in [-0.2, 0) is 0 Å². The molecule has 4 nitrogen and oxygen atoms in total. The quantitative estimate of drug-likeness (QED) is 0.651. The van der Waals surface area contributed by atoms with Crippen molar-refractivity contribution in [2.24, 2.45) is 0 Å². The Bertz CT molecular complexity index is 625. The second-order valence-electron chi connectivity index (χ2n) is 3.55. The smallest absolute Gasteiger partial charge is 0.226 e. The number of hydrogen-bond donors (Lipinski definition) is 2. The van der Waals surface area contributed by atoms with Gasteiger partial charge in [0.2, 0.25) is 5.28 Å². The maximum absolute atomic E-state index is 5.88. The molecule has 0 saturated carbocycles. The van der Waals surface area contributed by atoms with E-state index in [1.165, 1.54) is 0 Å². The Kier molecular flexibility index (Phi) is 3.79. The van der Waals surface area contributed by atoms with E-state index in [4.69, 9.17) is 11.6 Å². The topological polar surface area (TPSA) is 53.6 Å². The highest BCUT2D eigenvalue weighted by atomic mass is 35.5. The van der Waals surface area contributed by atoms with Crippen LogP contribution in [0, 0.1) is 0 Å². The Morgan fingerprint density at radius 3 is 3.06 bits per heavy atom. The Hall–Kier alpha value is -2.07. The van der Waals surface area contributed by atoms with Crippen LogP contribution in [0.15, 0.2) is 48.8 Å². The lowest BCUT2D eigenvalue weighted by Crippen LogP contribution is -2.00. The molecule has 2 aromatic heterocycles. The fourth-order valence-corrected chi connectivity index (χ4v) is 1.70. The van der Waals surface area contributed by atoms with Crippen LogP contribution in [0.4, 0.5) is 5.82 Å². The lowest BCUT2D eigenvalue weighted by atomic mass is 10.3. The molecule has 0 spiro atoms. The van der Waals surface area contributed by atoms with Crippen molar-refractivity contribution in [2.45, 2.75) is 6.92 Å². The fraction of sp³-hybridized carbons (Fsp3) is 0.0769. The van der Waals surface area contributed by atoms with E-state index < -0.39 is 0 Å². The van der Waals surface area contributed by atoms with Crippen LogP contribution in [0.1, 0.15) is 6.92 Å². The molecule has 92 valence electrons. The maximum Gasteiger partial charge on any atom is 0.226 e. The first-order valence-electron chi connectivity index (χ1n) is 5.47. The summed E-state index contributed by atoms with van der Waals surface area (Å²) in [7, 11) is 0. The third-order valence-electron chi connectivity index (χ3n) is 2.37. The number of aromatic nitrogens is 3. The molecule has 2 heterocycles. The van der Waals surface area contributed by atoms with E-state index in [0.29, 0.717) is 11.5 Å². The Morgan fingerprint density at radius 2 is 2.33 bits per heavy atom. The van der Waals surface area contributed by atoms with E-state index >= 15 is 0 Å². The van der Waals surface area contributed by atoms with E-state index in [-0.39, 0.29) is 5.28 Å². The van der Waals surface area contributed by atoms with Crippen molar-refractivity contribution in [3.05, 3.63) is 54.1 Å². The third kappa shape index (κ3) is 2.60. The van der Waals surface area contributed by atoms with Crippen LogP contribution < -0.4 is 5.32 Å². The van der Waals surface area contributed by atoms with E-state index in [1.54, 1.807) is 12.3 Å². The summed E-state index contributed by atoms with van der Waals surface area (Å²) in [6, 6.07) is 1.90. The summed E-state index contributed by atoms with van der Waals surface area (Å²) >= 11 is 5.88. The van der Waals surface area contributed by atoms with Gasteiger partial charge in [-0.15, -0.1) is 0 Å². The SMILES string of the molecule is C=C/C=C\C(=C/C)Nc1nc(Cl)nc2[nH]ccc12. The minimum Gasteiger partial charge on any atom is -0.346 e. The zero-order chi connectivity index (χ0) is 13.0. The van der Waals surface area contributed by atoms with Gasteiger partial charge in [-0.05, 0) is 30.7 Å². The standard InChI is InChI=1S/C13H13ClN4/c1-3-5-6-9(4-2)16-12-10-7-8-15-11(10)17-13(14)18-12/h3-8H,1H2,2H3,(H2,15,16,17,18)/b6-5-,9-4+. The number of rotatable bonds is 4. The van der Waals surface area contributed by atoms with Crippen molar-refractivity contribution < 1.29 is 0 Å².